The number of amides is 1. The lowest BCUT2D eigenvalue weighted by Crippen LogP contribution is -2.33. The standard InChI is InChI=1S/C22H24Cl2N2O5/c1-3-28-20-10-15(13-25-26-21(27)12-22(2)30-8-9-31-22)4-7-19(20)29-14-16-5-6-17(23)11-18(16)24/h4-7,10-11,13H,3,8-9,12,14H2,1-2H3,(H,26,27)/b25-13-. The Kier molecular flexibility index (Phi) is 8.15. The number of nitrogens with zero attached hydrogens (tertiary/aromatic N) is 1. The van der Waals surface area contributed by atoms with Crippen LogP contribution in [-0.2, 0) is 20.9 Å². The Morgan fingerprint density at radius 2 is 1.94 bits per heavy atom. The maximum absolute atomic E-state index is 12.0. The molecule has 0 saturated carbocycles. The molecule has 1 N–H and O–H groups in total. The lowest BCUT2D eigenvalue weighted by atomic mass is 10.2. The van der Waals surface area contributed by atoms with Crippen molar-refractivity contribution in [2.75, 3.05) is 19.8 Å². The van der Waals surface area contributed by atoms with Gasteiger partial charge in [-0.15, -0.1) is 0 Å². The van der Waals surface area contributed by atoms with Crippen LogP contribution in [0.15, 0.2) is 41.5 Å². The van der Waals surface area contributed by atoms with Gasteiger partial charge in [-0.05, 0) is 49.7 Å². The maximum Gasteiger partial charge on any atom is 0.245 e. The molecular weight excluding hydrogens is 443 g/mol. The second kappa shape index (κ2) is 10.8. The summed E-state index contributed by atoms with van der Waals surface area (Å²) < 4.78 is 22.4. The van der Waals surface area contributed by atoms with Crippen LogP contribution in [0.2, 0.25) is 10.0 Å². The minimum absolute atomic E-state index is 0.0641. The van der Waals surface area contributed by atoms with E-state index in [2.05, 4.69) is 10.5 Å². The van der Waals surface area contributed by atoms with Gasteiger partial charge in [-0.2, -0.15) is 5.10 Å². The number of hydrazone groups is 1. The molecule has 0 atom stereocenters. The fraction of sp³-hybridized carbons (Fsp3) is 0.364. The van der Waals surface area contributed by atoms with E-state index in [-0.39, 0.29) is 18.9 Å². The largest absolute Gasteiger partial charge is 0.490 e. The van der Waals surface area contributed by atoms with Gasteiger partial charge in [-0.1, -0.05) is 29.3 Å². The third-order valence-corrected chi connectivity index (χ3v) is 5.04. The summed E-state index contributed by atoms with van der Waals surface area (Å²) in [6, 6.07) is 10.6. The zero-order valence-electron chi connectivity index (χ0n) is 17.3. The van der Waals surface area contributed by atoms with Crippen molar-refractivity contribution >= 4 is 35.3 Å². The molecule has 1 heterocycles. The highest BCUT2D eigenvalue weighted by Crippen LogP contribution is 2.30. The molecule has 1 amide bonds. The molecule has 2 aromatic carbocycles. The molecule has 0 radical (unpaired) electrons. The molecule has 9 heteroatoms. The Labute approximate surface area is 191 Å². The summed E-state index contributed by atoms with van der Waals surface area (Å²) in [5, 5.41) is 5.10. The Morgan fingerprint density at radius 3 is 2.65 bits per heavy atom. The van der Waals surface area contributed by atoms with Gasteiger partial charge in [0.2, 0.25) is 5.91 Å². The number of benzene rings is 2. The summed E-state index contributed by atoms with van der Waals surface area (Å²) >= 11 is 12.1. The van der Waals surface area contributed by atoms with E-state index in [1.165, 1.54) is 6.21 Å². The van der Waals surface area contributed by atoms with Crippen LogP contribution < -0.4 is 14.9 Å². The first kappa shape index (κ1) is 23.3. The van der Waals surface area contributed by atoms with Crippen molar-refractivity contribution < 1.29 is 23.7 Å². The molecule has 7 nitrogen and oxygen atoms in total. The summed E-state index contributed by atoms with van der Waals surface area (Å²) in [4.78, 5) is 12.0. The summed E-state index contributed by atoms with van der Waals surface area (Å²) in [6.45, 7) is 5.30. The first-order chi connectivity index (χ1) is 14.9. The second-order valence-electron chi connectivity index (χ2n) is 6.96. The molecule has 31 heavy (non-hydrogen) atoms. The molecule has 1 fully saturated rings. The van der Waals surface area contributed by atoms with E-state index in [4.69, 9.17) is 42.1 Å². The molecule has 1 saturated heterocycles. The zero-order valence-corrected chi connectivity index (χ0v) is 18.8. The third-order valence-electron chi connectivity index (χ3n) is 4.45. The number of hydrogen-bond acceptors (Lipinski definition) is 6. The highest BCUT2D eigenvalue weighted by atomic mass is 35.5. The number of carbonyl (C=O) groups is 1. The topological polar surface area (TPSA) is 78.4 Å². The van der Waals surface area contributed by atoms with E-state index < -0.39 is 5.79 Å². The van der Waals surface area contributed by atoms with Crippen molar-refractivity contribution in [2.24, 2.45) is 5.10 Å². The number of ether oxygens (including phenoxy) is 4. The van der Waals surface area contributed by atoms with Crippen LogP contribution in [0.5, 0.6) is 11.5 Å². The van der Waals surface area contributed by atoms with E-state index in [1.807, 2.05) is 19.1 Å². The Balaban J connectivity index is 1.61. The number of halogens is 2. The van der Waals surface area contributed by atoms with Crippen molar-refractivity contribution in [3.05, 3.63) is 57.6 Å². The number of rotatable bonds is 9. The Bertz CT molecular complexity index is 945. The minimum Gasteiger partial charge on any atom is -0.490 e. The summed E-state index contributed by atoms with van der Waals surface area (Å²) in [6.07, 6.45) is 1.59. The first-order valence-electron chi connectivity index (χ1n) is 9.82. The molecule has 1 aliphatic heterocycles. The van der Waals surface area contributed by atoms with Gasteiger partial charge in [0.15, 0.2) is 17.3 Å². The Morgan fingerprint density at radius 1 is 1.16 bits per heavy atom. The quantitative estimate of drug-likeness (QED) is 0.432. The predicted molar refractivity (Wildman–Crippen MR) is 119 cm³/mol. The monoisotopic (exact) mass is 466 g/mol. The SMILES string of the molecule is CCOc1cc(/C=N\NC(=O)CC2(C)OCCO2)ccc1OCc1ccc(Cl)cc1Cl. The zero-order chi connectivity index (χ0) is 22.3. The minimum atomic E-state index is -0.895. The maximum atomic E-state index is 12.0. The fourth-order valence-electron chi connectivity index (χ4n) is 2.96. The van der Waals surface area contributed by atoms with Gasteiger partial charge in [0.05, 0.1) is 32.5 Å². The van der Waals surface area contributed by atoms with Crippen LogP contribution in [0.3, 0.4) is 0 Å². The van der Waals surface area contributed by atoms with E-state index in [9.17, 15) is 4.79 Å². The molecule has 2 aromatic rings. The van der Waals surface area contributed by atoms with Crippen LogP contribution in [-0.4, -0.2) is 37.7 Å². The molecule has 3 rings (SSSR count). The van der Waals surface area contributed by atoms with E-state index in [0.29, 0.717) is 41.4 Å². The van der Waals surface area contributed by atoms with E-state index >= 15 is 0 Å². The molecule has 166 valence electrons. The van der Waals surface area contributed by atoms with Crippen molar-refractivity contribution in [1.82, 2.24) is 5.43 Å². The van der Waals surface area contributed by atoms with E-state index in [0.717, 1.165) is 11.1 Å². The summed E-state index contributed by atoms with van der Waals surface area (Å²) in [5.41, 5.74) is 4.03. The summed E-state index contributed by atoms with van der Waals surface area (Å²) in [5.74, 6) is -0.0700. The fourth-order valence-corrected chi connectivity index (χ4v) is 3.42. The van der Waals surface area contributed by atoms with Crippen LogP contribution >= 0.6 is 23.2 Å². The lowest BCUT2D eigenvalue weighted by molar-refractivity contribution is -0.159. The smallest absolute Gasteiger partial charge is 0.245 e. The average molecular weight is 467 g/mol. The molecule has 0 unspecified atom stereocenters. The van der Waals surface area contributed by atoms with Gasteiger partial charge in [0, 0.05) is 15.6 Å². The van der Waals surface area contributed by atoms with Gasteiger partial charge in [0.25, 0.3) is 0 Å². The average Bonchev–Trinajstić information content (AvgIpc) is 3.14. The van der Waals surface area contributed by atoms with Crippen molar-refractivity contribution in [3.63, 3.8) is 0 Å². The first-order valence-corrected chi connectivity index (χ1v) is 10.6. The van der Waals surface area contributed by atoms with Gasteiger partial charge >= 0.3 is 0 Å². The highest BCUT2D eigenvalue weighted by molar-refractivity contribution is 6.35. The normalized spacial score (nSPS) is 15.2. The molecule has 1 aliphatic rings. The molecule has 0 bridgehead atoms. The number of nitrogens with one attached hydrogen (secondary N) is 1. The lowest BCUT2D eigenvalue weighted by Gasteiger charge is -2.20. The van der Waals surface area contributed by atoms with Crippen molar-refractivity contribution in [2.45, 2.75) is 32.7 Å². The molecule has 0 aromatic heterocycles. The molecule has 0 aliphatic carbocycles. The van der Waals surface area contributed by atoms with Crippen LogP contribution in [0.1, 0.15) is 31.4 Å². The predicted octanol–water partition coefficient (Wildman–Crippen LogP) is 4.57. The number of carbonyl (C=O) groups excluding carboxylic acids is 1. The highest BCUT2D eigenvalue weighted by Gasteiger charge is 2.33. The van der Waals surface area contributed by atoms with Crippen LogP contribution in [0, 0.1) is 0 Å². The summed E-state index contributed by atoms with van der Waals surface area (Å²) in [7, 11) is 0. The molecule has 0 spiro atoms. The van der Waals surface area contributed by atoms with Gasteiger partial charge in [-0.25, -0.2) is 5.43 Å². The van der Waals surface area contributed by atoms with Crippen LogP contribution in [0.25, 0.3) is 0 Å². The third kappa shape index (κ3) is 6.83. The van der Waals surface area contributed by atoms with Crippen LogP contribution in [0.4, 0.5) is 0 Å². The van der Waals surface area contributed by atoms with Crippen molar-refractivity contribution in [3.8, 4) is 11.5 Å². The second-order valence-corrected chi connectivity index (χ2v) is 7.81. The van der Waals surface area contributed by atoms with Gasteiger partial charge in [-0.3, -0.25) is 4.79 Å². The van der Waals surface area contributed by atoms with Gasteiger partial charge < -0.3 is 18.9 Å². The molecular formula is C22H24Cl2N2O5. The van der Waals surface area contributed by atoms with Crippen molar-refractivity contribution in [1.29, 1.82) is 0 Å². The van der Waals surface area contributed by atoms with Gasteiger partial charge in [0.1, 0.15) is 6.61 Å². The van der Waals surface area contributed by atoms with E-state index in [1.54, 1.807) is 31.2 Å². The Hall–Kier alpha value is -2.32. The number of hydrogen-bond donors (Lipinski definition) is 1.